The van der Waals surface area contributed by atoms with Crippen molar-refractivity contribution in [2.24, 2.45) is 0 Å². The van der Waals surface area contributed by atoms with Gasteiger partial charge in [-0.1, -0.05) is 41.9 Å². The maximum atomic E-state index is 14.6. The van der Waals surface area contributed by atoms with Gasteiger partial charge in [0.2, 0.25) is 0 Å². The topological polar surface area (TPSA) is 157 Å². The number of carboxylic acids is 1. The molecule has 2 atom stereocenters. The molecule has 286 valence electrons. The van der Waals surface area contributed by atoms with Crippen LogP contribution in [0.25, 0.3) is 11.1 Å². The fourth-order valence-electron chi connectivity index (χ4n) is 6.14. The highest BCUT2D eigenvalue weighted by Gasteiger charge is 2.32. The van der Waals surface area contributed by atoms with Crippen LogP contribution < -0.4 is 19.5 Å². The van der Waals surface area contributed by atoms with Crippen molar-refractivity contribution in [3.63, 3.8) is 0 Å². The largest absolute Gasteiger partial charge is 0.493 e. The molecule has 1 aliphatic heterocycles. The van der Waals surface area contributed by atoms with Gasteiger partial charge in [0.05, 0.1) is 35.5 Å². The van der Waals surface area contributed by atoms with Crippen LogP contribution in [0.1, 0.15) is 59.6 Å². The molecule has 54 heavy (non-hydrogen) atoms. The van der Waals surface area contributed by atoms with E-state index in [9.17, 15) is 34.2 Å². The predicted octanol–water partition coefficient (Wildman–Crippen LogP) is 6.44. The summed E-state index contributed by atoms with van der Waals surface area (Å²) in [5.74, 6) is -0.571. The number of pyridine rings is 1. The van der Waals surface area contributed by atoms with E-state index in [-0.39, 0.29) is 54.6 Å². The van der Waals surface area contributed by atoms with E-state index in [1.807, 2.05) is 19.1 Å². The number of aliphatic hydroxyl groups excluding tert-OH is 2. The van der Waals surface area contributed by atoms with Crippen LogP contribution in [-0.2, 0) is 24.6 Å². The summed E-state index contributed by atoms with van der Waals surface area (Å²) < 4.78 is 47.5. The number of carbonyl (C=O) groups is 1. The zero-order chi connectivity index (χ0) is 38.8. The Balaban J connectivity index is 1.36. The van der Waals surface area contributed by atoms with Gasteiger partial charge in [-0.15, -0.1) is 0 Å². The van der Waals surface area contributed by atoms with Gasteiger partial charge in [-0.3, -0.25) is 15.1 Å². The number of ether oxygens (including phenoxy) is 3. The molecule has 11 nitrogen and oxygen atoms in total. The zero-order valence-corrected chi connectivity index (χ0v) is 30.8. The number of nitriles is 1. The van der Waals surface area contributed by atoms with Crippen molar-refractivity contribution in [2.75, 3.05) is 32.8 Å². The van der Waals surface area contributed by atoms with Gasteiger partial charge in [-0.05, 0) is 67.1 Å². The number of likely N-dealkylation sites (tertiary alicyclic amines) is 1. The number of hydrogen-bond donors (Lipinski definition) is 4. The molecule has 2 heterocycles. The third kappa shape index (κ3) is 10.0. The SMILES string of the molecule is Cc1c(COc2cc(OCc3cncc(C#N)c3)c(CN[C@@](C)(CO)C(=O)O)cc2Cl)cccc1-c1cccc(OCCCN2CC[C@@H](O)C2)c1C(F)F. The van der Waals surface area contributed by atoms with E-state index in [0.717, 1.165) is 24.1 Å². The molecule has 1 saturated heterocycles. The first-order valence-electron chi connectivity index (χ1n) is 17.5. The summed E-state index contributed by atoms with van der Waals surface area (Å²) in [5, 5.41) is 41.4. The van der Waals surface area contributed by atoms with Gasteiger partial charge >= 0.3 is 5.97 Å². The first-order valence-corrected chi connectivity index (χ1v) is 17.8. The molecule has 0 bridgehead atoms. The molecule has 0 aliphatic carbocycles. The number of β-amino-alcohol motifs (C(OH)–C–C–N with tert-alkyl or cyclic N) is 1. The fourth-order valence-corrected chi connectivity index (χ4v) is 6.38. The normalized spacial score (nSPS) is 15.5. The number of nitrogens with one attached hydrogen (secondary N) is 1. The highest BCUT2D eigenvalue weighted by Crippen LogP contribution is 2.40. The van der Waals surface area contributed by atoms with Gasteiger partial charge in [0.15, 0.2) is 0 Å². The van der Waals surface area contributed by atoms with E-state index in [1.165, 1.54) is 13.1 Å². The van der Waals surface area contributed by atoms with Crippen LogP contribution >= 0.6 is 11.6 Å². The van der Waals surface area contributed by atoms with E-state index in [1.54, 1.807) is 54.7 Å². The third-order valence-corrected chi connectivity index (χ3v) is 9.71. The van der Waals surface area contributed by atoms with Gasteiger partial charge in [0, 0.05) is 55.8 Å². The molecule has 4 N–H and O–H groups in total. The molecular weight excluding hydrogens is 722 g/mol. The van der Waals surface area contributed by atoms with Gasteiger partial charge in [0.25, 0.3) is 6.43 Å². The van der Waals surface area contributed by atoms with Crippen LogP contribution in [0, 0.1) is 18.3 Å². The lowest BCUT2D eigenvalue weighted by Gasteiger charge is -2.25. The number of rotatable bonds is 18. The highest BCUT2D eigenvalue weighted by molar-refractivity contribution is 6.32. The van der Waals surface area contributed by atoms with Crippen LogP contribution in [-0.4, -0.2) is 75.7 Å². The molecule has 3 aromatic carbocycles. The molecule has 0 saturated carbocycles. The molecule has 1 aliphatic rings. The highest BCUT2D eigenvalue weighted by atomic mass is 35.5. The zero-order valence-electron chi connectivity index (χ0n) is 30.0. The predicted molar refractivity (Wildman–Crippen MR) is 198 cm³/mol. The van der Waals surface area contributed by atoms with Crippen LogP contribution in [0.15, 0.2) is 67.0 Å². The van der Waals surface area contributed by atoms with Gasteiger partial charge in [-0.2, -0.15) is 5.26 Å². The van der Waals surface area contributed by atoms with Gasteiger partial charge < -0.3 is 34.4 Å². The van der Waals surface area contributed by atoms with Crippen LogP contribution in [0.5, 0.6) is 17.2 Å². The second-order valence-electron chi connectivity index (χ2n) is 13.4. The number of benzene rings is 3. The minimum Gasteiger partial charge on any atom is -0.493 e. The molecule has 1 fully saturated rings. The first-order chi connectivity index (χ1) is 25.9. The number of carboxylic acid groups (broad SMARTS) is 1. The van der Waals surface area contributed by atoms with Crippen molar-refractivity contribution >= 4 is 17.6 Å². The van der Waals surface area contributed by atoms with E-state index in [0.29, 0.717) is 53.1 Å². The summed E-state index contributed by atoms with van der Waals surface area (Å²) in [7, 11) is 0. The van der Waals surface area contributed by atoms with E-state index >= 15 is 0 Å². The fraction of sp³-hybridized carbons (Fsp3) is 0.375. The molecule has 0 unspecified atom stereocenters. The van der Waals surface area contributed by atoms with Crippen molar-refractivity contribution in [1.29, 1.82) is 5.26 Å². The van der Waals surface area contributed by atoms with Crippen LogP contribution in [0.3, 0.4) is 0 Å². The number of aliphatic hydroxyl groups is 2. The summed E-state index contributed by atoms with van der Waals surface area (Å²) >= 11 is 6.68. The summed E-state index contributed by atoms with van der Waals surface area (Å²) in [6.45, 7) is 4.90. The Bertz CT molecular complexity index is 1980. The van der Waals surface area contributed by atoms with Gasteiger partial charge in [0.1, 0.15) is 42.1 Å². The Morgan fingerprint density at radius 3 is 2.54 bits per heavy atom. The number of aliphatic carboxylic acids is 1. The number of nitrogens with zero attached hydrogens (tertiary/aromatic N) is 3. The smallest absolute Gasteiger partial charge is 0.326 e. The molecule has 4 aromatic rings. The van der Waals surface area contributed by atoms with E-state index in [4.69, 9.17) is 25.8 Å². The summed E-state index contributed by atoms with van der Waals surface area (Å²) in [6.07, 6.45) is 1.23. The van der Waals surface area contributed by atoms with Gasteiger partial charge in [-0.25, -0.2) is 8.78 Å². The monoisotopic (exact) mass is 764 g/mol. The number of alkyl halides is 2. The van der Waals surface area contributed by atoms with Crippen molar-refractivity contribution in [2.45, 2.75) is 64.5 Å². The Hall–Kier alpha value is -4.84. The molecule has 0 spiro atoms. The Labute approximate surface area is 317 Å². The minimum absolute atomic E-state index is 0.0196. The maximum Gasteiger partial charge on any atom is 0.326 e. The van der Waals surface area contributed by atoms with Crippen LogP contribution in [0.4, 0.5) is 8.78 Å². The van der Waals surface area contributed by atoms with Crippen molar-refractivity contribution < 1.29 is 43.1 Å². The lowest BCUT2D eigenvalue weighted by molar-refractivity contribution is -0.145. The Morgan fingerprint density at radius 1 is 1.07 bits per heavy atom. The summed E-state index contributed by atoms with van der Waals surface area (Å²) in [4.78, 5) is 18.0. The Morgan fingerprint density at radius 2 is 1.83 bits per heavy atom. The molecular formula is C40H43ClF2N4O7. The second-order valence-corrected chi connectivity index (χ2v) is 13.8. The number of hydrogen-bond acceptors (Lipinski definition) is 10. The standard InChI is InChI=1S/C40H43ClF2N4O7/c1-25-28(6-3-7-31(25)32-8-4-9-34(37(32)38(42)43)52-13-5-11-47-12-10-30(49)21-47)23-54-36-16-35(53-22-27-14-26(17-44)18-45-19-27)29(15-33(36)41)20-46-40(2,24-48)39(50)51/h3-4,6-9,14-16,18-19,30,38,46,48-49H,5,10-13,20-24H2,1-2H3,(H,50,51)/t30-,40+/m1/s1. The minimum atomic E-state index is -2.79. The van der Waals surface area contributed by atoms with Crippen molar-refractivity contribution in [3.8, 4) is 34.4 Å². The average Bonchev–Trinajstić information content (AvgIpc) is 3.59. The quantitative estimate of drug-likeness (QED) is 0.0827. The summed E-state index contributed by atoms with van der Waals surface area (Å²) in [5.41, 5.74) is 2.00. The molecule has 1 aromatic heterocycles. The van der Waals surface area contributed by atoms with Crippen molar-refractivity contribution in [3.05, 3.63) is 105 Å². The molecule has 5 rings (SSSR count). The lowest BCUT2D eigenvalue weighted by atomic mass is 9.93. The molecule has 0 amide bonds. The van der Waals surface area contributed by atoms with Crippen molar-refractivity contribution in [1.82, 2.24) is 15.2 Å². The average molecular weight is 765 g/mol. The third-order valence-electron chi connectivity index (χ3n) is 9.42. The Kier molecular flexibility index (Phi) is 13.8. The number of aromatic nitrogens is 1. The molecule has 14 heteroatoms. The lowest BCUT2D eigenvalue weighted by Crippen LogP contribution is -2.52. The number of halogens is 3. The second kappa shape index (κ2) is 18.5. The summed E-state index contributed by atoms with van der Waals surface area (Å²) in [6, 6.07) is 17.1. The maximum absolute atomic E-state index is 14.6. The molecule has 0 radical (unpaired) electrons. The first kappa shape index (κ1) is 40.3. The van der Waals surface area contributed by atoms with E-state index in [2.05, 4.69) is 15.2 Å². The van der Waals surface area contributed by atoms with Crippen LogP contribution in [0.2, 0.25) is 5.02 Å². The van der Waals surface area contributed by atoms with E-state index < -0.39 is 24.5 Å².